The van der Waals surface area contributed by atoms with E-state index < -0.39 is 11.6 Å². The first-order valence-electron chi connectivity index (χ1n) is 5.25. The molecule has 0 bridgehead atoms. The molecule has 1 aromatic rings. The molecule has 1 fully saturated rings. The van der Waals surface area contributed by atoms with E-state index in [1.807, 2.05) is 25.1 Å². The number of nitrogens with zero attached hydrogens (tertiary/aromatic N) is 1. The number of rotatable bonds is 1. The number of hydrogen-bond acceptors (Lipinski definition) is 3. The maximum absolute atomic E-state index is 11.6. The number of carbonyl (C=O) groups is 1. The molecule has 1 aromatic carbocycles. The van der Waals surface area contributed by atoms with Gasteiger partial charge in [0.05, 0.1) is 0 Å². The average molecular weight is 220 g/mol. The number of likely N-dealkylation sites (tertiary alicyclic amines) is 1. The zero-order valence-corrected chi connectivity index (χ0v) is 9.47. The van der Waals surface area contributed by atoms with Gasteiger partial charge in [-0.3, -0.25) is 4.79 Å². The van der Waals surface area contributed by atoms with Crippen LogP contribution in [0.15, 0.2) is 24.3 Å². The van der Waals surface area contributed by atoms with Crippen molar-refractivity contribution < 1.29 is 9.90 Å². The third kappa shape index (κ3) is 1.38. The maximum atomic E-state index is 11.6. The Balaban J connectivity index is 2.48. The largest absolute Gasteiger partial charge is 0.398 e. The monoisotopic (exact) mass is 220 g/mol. The number of anilines is 1. The summed E-state index contributed by atoms with van der Waals surface area (Å²) < 4.78 is 0. The van der Waals surface area contributed by atoms with E-state index >= 15 is 0 Å². The quantitative estimate of drug-likeness (QED) is 0.685. The first-order chi connectivity index (χ1) is 7.47. The van der Waals surface area contributed by atoms with E-state index in [2.05, 4.69) is 0 Å². The van der Waals surface area contributed by atoms with Crippen LogP contribution in [0.1, 0.15) is 18.9 Å². The number of amides is 1. The Kier molecular flexibility index (Phi) is 2.39. The van der Waals surface area contributed by atoms with Crippen molar-refractivity contribution in [1.82, 2.24) is 4.90 Å². The Hall–Kier alpha value is -1.55. The number of benzene rings is 1. The molecular formula is C12H16N2O2. The minimum absolute atomic E-state index is 0.0572. The van der Waals surface area contributed by atoms with E-state index in [4.69, 9.17) is 5.73 Å². The Morgan fingerprint density at radius 1 is 1.50 bits per heavy atom. The normalized spacial score (nSPS) is 29.8. The van der Waals surface area contributed by atoms with Crippen LogP contribution in [-0.4, -0.2) is 29.2 Å². The number of hydrogen-bond donors (Lipinski definition) is 2. The number of nitrogen functional groups attached to an aromatic ring is 1. The van der Waals surface area contributed by atoms with Gasteiger partial charge in [-0.15, -0.1) is 0 Å². The number of aliphatic hydroxyl groups is 1. The van der Waals surface area contributed by atoms with Crippen LogP contribution in [0.5, 0.6) is 0 Å². The second-order valence-electron chi connectivity index (χ2n) is 4.56. The molecule has 0 aromatic heterocycles. The fraction of sp³-hybridized carbons (Fsp3) is 0.417. The molecule has 4 nitrogen and oxygen atoms in total. The molecule has 1 heterocycles. The van der Waals surface area contributed by atoms with Crippen molar-refractivity contribution in [2.24, 2.45) is 0 Å². The first kappa shape index (κ1) is 11.0. The van der Waals surface area contributed by atoms with Gasteiger partial charge in [0.15, 0.2) is 0 Å². The second kappa shape index (κ2) is 3.49. The van der Waals surface area contributed by atoms with E-state index in [-0.39, 0.29) is 5.91 Å². The van der Waals surface area contributed by atoms with E-state index in [0.29, 0.717) is 12.1 Å². The number of aliphatic hydroxyl groups excluding tert-OH is 1. The first-order valence-corrected chi connectivity index (χ1v) is 5.25. The summed E-state index contributed by atoms with van der Waals surface area (Å²) in [6, 6.07) is 7.36. The average Bonchev–Trinajstić information content (AvgIpc) is 2.44. The molecule has 0 spiro atoms. The summed E-state index contributed by atoms with van der Waals surface area (Å²) in [6.45, 7) is 1.87. The van der Waals surface area contributed by atoms with Crippen molar-refractivity contribution in [3.63, 3.8) is 0 Å². The Morgan fingerprint density at radius 2 is 2.12 bits per heavy atom. The molecule has 4 heteroatoms. The van der Waals surface area contributed by atoms with Crippen LogP contribution in [0.2, 0.25) is 0 Å². The van der Waals surface area contributed by atoms with Gasteiger partial charge in [-0.25, -0.2) is 0 Å². The summed E-state index contributed by atoms with van der Waals surface area (Å²) in [6.07, 6.45) is -0.525. The van der Waals surface area contributed by atoms with Crippen molar-refractivity contribution in [2.45, 2.75) is 25.0 Å². The van der Waals surface area contributed by atoms with E-state index in [9.17, 15) is 9.90 Å². The predicted octanol–water partition coefficient (Wildman–Crippen LogP) is 0.707. The third-order valence-corrected chi connectivity index (χ3v) is 3.42. The van der Waals surface area contributed by atoms with Gasteiger partial charge < -0.3 is 15.7 Å². The highest BCUT2D eigenvalue weighted by Gasteiger charge is 2.48. The lowest BCUT2D eigenvalue weighted by atomic mass is 9.79. The SMILES string of the molecule is CN1C(=O)CC(C)(c2ccccc2N)C1O. The van der Waals surface area contributed by atoms with E-state index in [0.717, 1.165) is 5.56 Å². The van der Waals surface area contributed by atoms with Crippen molar-refractivity contribution in [3.8, 4) is 0 Å². The molecule has 2 rings (SSSR count). The van der Waals surface area contributed by atoms with Crippen molar-refractivity contribution in [3.05, 3.63) is 29.8 Å². The molecule has 86 valence electrons. The molecule has 0 radical (unpaired) electrons. The second-order valence-corrected chi connectivity index (χ2v) is 4.56. The summed E-state index contributed by atoms with van der Waals surface area (Å²) in [5.74, 6) is -0.0572. The molecule has 0 aliphatic carbocycles. The van der Waals surface area contributed by atoms with Gasteiger partial charge >= 0.3 is 0 Å². The molecule has 1 amide bonds. The molecule has 2 atom stereocenters. The minimum Gasteiger partial charge on any atom is -0.398 e. The fourth-order valence-electron chi connectivity index (χ4n) is 2.35. The van der Waals surface area contributed by atoms with Gasteiger partial charge in [0.1, 0.15) is 6.23 Å². The third-order valence-electron chi connectivity index (χ3n) is 3.42. The van der Waals surface area contributed by atoms with Crippen LogP contribution in [0.3, 0.4) is 0 Å². The molecule has 2 unspecified atom stereocenters. The molecule has 1 saturated heterocycles. The lowest BCUT2D eigenvalue weighted by Gasteiger charge is -2.30. The van der Waals surface area contributed by atoms with Crippen LogP contribution in [0.4, 0.5) is 5.69 Å². The zero-order chi connectivity index (χ0) is 11.9. The highest BCUT2D eigenvalue weighted by Crippen LogP contribution is 2.40. The van der Waals surface area contributed by atoms with Crippen LogP contribution in [0.25, 0.3) is 0 Å². The van der Waals surface area contributed by atoms with Gasteiger partial charge in [0, 0.05) is 24.6 Å². The lowest BCUT2D eigenvalue weighted by molar-refractivity contribution is -0.131. The summed E-state index contributed by atoms with van der Waals surface area (Å²) in [5, 5.41) is 10.1. The summed E-state index contributed by atoms with van der Waals surface area (Å²) in [5.41, 5.74) is 6.74. The Morgan fingerprint density at radius 3 is 2.62 bits per heavy atom. The standard InChI is InChI=1S/C12H16N2O2/c1-12(7-10(15)14(2)11(12)16)8-5-3-4-6-9(8)13/h3-6,11,16H,7,13H2,1-2H3. The number of carbonyl (C=O) groups excluding carboxylic acids is 1. The van der Waals surface area contributed by atoms with Gasteiger partial charge in [0.25, 0.3) is 0 Å². The number of nitrogens with two attached hydrogens (primary N) is 1. The van der Waals surface area contributed by atoms with Gasteiger partial charge in [-0.2, -0.15) is 0 Å². The van der Waals surface area contributed by atoms with E-state index in [1.54, 1.807) is 13.1 Å². The van der Waals surface area contributed by atoms with Gasteiger partial charge in [-0.05, 0) is 11.6 Å². The molecule has 16 heavy (non-hydrogen) atoms. The van der Waals surface area contributed by atoms with Crippen LogP contribution >= 0.6 is 0 Å². The summed E-state index contributed by atoms with van der Waals surface area (Å²) >= 11 is 0. The highest BCUT2D eigenvalue weighted by atomic mass is 16.3. The summed E-state index contributed by atoms with van der Waals surface area (Å²) in [4.78, 5) is 13.0. The molecule has 3 N–H and O–H groups in total. The van der Waals surface area contributed by atoms with Crippen LogP contribution < -0.4 is 5.73 Å². The fourth-order valence-corrected chi connectivity index (χ4v) is 2.35. The van der Waals surface area contributed by atoms with Crippen molar-refractivity contribution >= 4 is 11.6 Å². The smallest absolute Gasteiger partial charge is 0.225 e. The molecule has 0 saturated carbocycles. The number of para-hydroxylation sites is 1. The highest BCUT2D eigenvalue weighted by molar-refractivity contribution is 5.81. The minimum atomic E-state index is -0.815. The van der Waals surface area contributed by atoms with Gasteiger partial charge in [-0.1, -0.05) is 25.1 Å². The molecule has 1 aliphatic heterocycles. The predicted molar refractivity (Wildman–Crippen MR) is 61.6 cm³/mol. The van der Waals surface area contributed by atoms with Crippen molar-refractivity contribution in [2.75, 3.05) is 12.8 Å². The Labute approximate surface area is 94.7 Å². The van der Waals surface area contributed by atoms with Gasteiger partial charge in [0.2, 0.25) is 5.91 Å². The maximum Gasteiger partial charge on any atom is 0.225 e. The molecule has 1 aliphatic rings. The van der Waals surface area contributed by atoms with Crippen molar-refractivity contribution in [1.29, 1.82) is 0 Å². The van der Waals surface area contributed by atoms with E-state index in [1.165, 1.54) is 4.90 Å². The lowest BCUT2D eigenvalue weighted by Crippen LogP contribution is -2.39. The zero-order valence-electron chi connectivity index (χ0n) is 9.47. The summed E-state index contributed by atoms with van der Waals surface area (Å²) in [7, 11) is 1.61. The van der Waals surface area contributed by atoms with Crippen LogP contribution in [0, 0.1) is 0 Å². The molecular weight excluding hydrogens is 204 g/mol. The number of likely N-dealkylation sites (N-methyl/N-ethyl adjacent to an activating group) is 1. The topological polar surface area (TPSA) is 66.6 Å². The van der Waals surface area contributed by atoms with Crippen LogP contribution in [-0.2, 0) is 10.2 Å². The Bertz CT molecular complexity index is 433.